The first kappa shape index (κ1) is 19.3. The highest BCUT2D eigenvalue weighted by atomic mass is 16.6. The van der Waals surface area contributed by atoms with Crippen molar-refractivity contribution in [3.63, 3.8) is 0 Å². The molecule has 26 heavy (non-hydrogen) atoms. The van der Waals surface area contributed by atoms with Gasteiger partial charge in [0.1, 0.15) is 0 Å². The molecule has 0 spiro atoms. The average Bonchev–Trinajstić information content (AvgIpc) is 2.57. The van der Waals surface area contributed by atoms with E-state index in [-0.39, 0.29) is 36.5 Å². The van der Waals surface area contributed by atoms with Crippen molar-refractivity contribution in [1.29, 1.82) is 0 Å². The minimum absolute atomic E-state index is 0.00419. The van der Waals surface area contributed by atoms with Crippen LogP contribution in [0.15, 0.2) is 18.2 Å². The van der Waals surface area contributed by atoms with Gasteiger partial charge in [0.05, 0.1) is 24.7 Å². The Balaban J connectivity index is 2.23. The molecule has 0 aliphatic heterocycles. The molecule has 10 nitrogen and oxygen atoms in total. The number of hydrogen-bond acceptors (Lipinski definition) is 9. The minimum Gasteiger partial charge on any atom is -0.394 e. The number of rotatable bonds is 9. The second-order valence-electron chi connectivity index (χ2n) is 5.57. The number of aliphatic hydroxyl groups excluding tert-OH is 1. The first-order valence-corrected chi connectivity index (χ1v) is 8.01. The van der Waals surface area contributed by atoms with E-state index in [2.05, 4.69) is 20.6 Å². The normalized spacial score (nSPS) is 10.6. The molecule has 1 aromatic carbocycles. The summed E-state index contributed by atoms with van der Waals surface area (Å²) in [5.74, 6) is -0.0910. The van der Waals surface area contributed by atoms with Gasteiger partial charge in [-0.25, -0.2) is 0 Å². The SMILES string of the molecule is Cc1ccc(Nc2nc(NCCOCCO)nc(N)c2[N+](=O)[O-])cc1C. The van der Waals surface area contributed by atoms with E-state index in [1.165, 1.54) is 0 Å². The van der Waals surface area contributed by atoms with Crippen molar-refractivity contribution in [2.75, 3.05) is 42.7 Å². The molecule has 2 aromatic rings. The Morgan fingerprint density at radius 1 is 1.27 bits per heavy atom. The van der Waals surface area contributed by atoms with E-state index < -0.39 is 4.92 Å². The minimum atomic E-state index is -0.618. The van der Waals surface area contributed by atoms with Crippen LogP contribution in [0.5, 0.6) is 0 Å². The Bertz CT molecular complexity index is 784. The third kappa shape index (κ3) is 5.01. The number of aliphatic hydroxyl groups is 1. The van der Waals surface area contributed by atoms with Crippen LogP contribution in [0.4, 0.5) is 29.0 Å². The van der Waals surface area contributed by atoms with Crippen LogP contribution in [0.1, 0.15) is 11.1 Å². The smallest absolute Gasteiger partial charge is 0.353 e. The number of anilines is 4. The number of aromatic nitrogens is 2. The Kier molecular flexibility index (Phi) is 6.64. The Morgan fingerprint density at radius 3 is 2.69 bits per heavy atom. The lowest BCUT2D eigenvalue weighted by atomic mass is 10.1. The largest absolute Gasteiger partial charge is 0.394 e. The standard InChI is InChI=1S/C16H22N6O4/c1-10-3-4-12(9-11(10)2)19-15-13(22(24)25)14(17)20-16(21-15)18-5-7-26-8-6-23/h3-4,9,23H,5-8H2,1-2H3,(H4,17,18,19,20,21). The van der Waals surface area contributed by atoms with Crippen LogP contribution in [0, 0.1) is 24.0 Å². The van der Waals surface area contributed by atoms with Gasteiger partial charge in [-0.3, -0.25) is 10.1 Å². The maximum atomic E-state index is 11.3. The first-order chi connectivity index (χ1) is 12.4. The van der Waals surface area contributed by atoms with Gasteiger partial charge in [0.2, 0.25) is 17.6 Å². The molecule has 0 atom stereocenters. The number of nitrogens with one attached hydrogen (secondary N) is 2. The summed E-state index contributed by atoms with van der Waals surface area (Å²) in [5, 5.41) is 25.8. The number of nitro groups is 1. The number of ether oxygens (including phenoxy) is 1. The number of nitrogens with two attached hydrogens (primary N) is 1. The van der Waals surface area contributed by atoms with E-state index in [1.54, 1.807) is 6.07 Å². The summed E-state index contributed by atoms with van der Waals surface area (Å²) in [5.41, 5.74) is 8.17. The zero-order valence-corrected chi connectivity index (χ0v) is 14.7. The molecule has 5 N–H and O–H groups in total. The molecule has 0 unspecified atom stereocenters. The predicted molar refractivity (Wildman–Crippen MR) is 98.7 cm³/mol. The fourth-order valence-electron chi connectivity index (χ4n) is 2.18. The van der Waals surface area contributed by atoms with E-state index in [0.717, 1.165) is 11.1 Å². The Morgan fingerprint density at radius 2 is 2.04 bits per heavy atom. The van der Waals surface area contributed by atoms with Gasteiger partial charge >= 0.3 is 5.69 Å². The van der Waals surface area contributed by atoms with Crippen molar-refractivity contribution in [1.82, 2.24) is 9.97 Å². The summed E-state index contributed by atoms with van der Waals surface area (Å²) in [6.07, 6.45) is 0. The van der Waals surface area contributed by atoms with E-state index in [4.69, 9.17) is 15.6 Å². The quantitative estimate of drug-likeness (QED) is 0.297. The van der Waals surface area contributed by atoms with Gasteiger partial charge in [0, 0.05) is 12.2 Å². The van der Waals surface area contributed by atoms with Gasteiger partial charge in [-0.15, -0.1) is 0 Å². The Labute approximate surface area is 150 Å². The number of nitrogen functional groups attached to an aromatic ring is 1. The summed E-state index contributed by atoms with van der Waals surface area (Å²) in [6.45, 7) is 4.77. The van der Waals surface area contributed by atoms with E-state index in [9.17, 15) is 10.1 Å². The molecule has 0 bridgehead atoms. The van der Waals surface area contributed by atoms with Gasteiger partial charge in [-0.05, 0) is 37.1 Å². The van der Waals surface area contributed by atoms with E-state index in [1.807, 2.05) is 26.0 Å². The van der Waals surface area contributed by atoms with Gasteiger partial charge in [-0.1, -0.05) is 6.07 Å². The average molecular weight is 362 g/mol. The van der Waals surface area contributed by atoms with Crippen molar-refractivity contribution in [3.05, 3.63) is 39.4 Å². The molecule has 1 aromatic heterocycles. The summed E-state index contributed by atoms with van der Waals surface area (Å²) < 4.78 is 5.12. The number of nitrogens with zero attached hydrogens (tertiary/aromatic N) is 3. The number of hydrogen-bond donors (Lipinski definition) is 4. The highest BCUT2D eigenvalue weighted by Crippen LogP contribution is 2.31. The summed E-state index contributed by atoms with van der Waals surface area (Å²) in [6, 6.07) is 5.58. The summed E-state index contributed by atoms with van der Waals surface area (Å²) in [4.78, 5) is 18.8. The van der Waals surface area contributed by atoms with Crippen molar-refractivity contribution >= 4 is 29.0 Å². The van der Waals surface area contributed by atoms with Crippen molar-refractivity contribution < 1.29 is 14.8 Å². The molecule has 140 valence electrons. The number of aryl methyl sites for hydroxylation is 2. The molecule has 0 aliphatic rings. The van der Waals surface area contributed by atoms with Gasteiger partial charge in [0.15, 0.2) is 0 Å². The fraction of sp³-hybridized carbons (Fsp3) is 0.375. The van der Waals surface area contributed by atoms with Gasteiger partial charge in [-0.2, -0.15) is 9.97 Å². The van der Waals surface area contributed by atoms with Crippen LogP contribution >= 0.6 is 0 Å². The van der Waals surface area contributed by atoms with Crippen LogP contribution in [0.3, 0.4) is 0 Å². The maximum absolute atomic E-state index is 11.3. The topological polar surface area (TPSA) is 148 Å². The predicted octanol–water partition coefficient (Wildman–Crippen LogP) is 1.75. The lowest BCUT2D eigenvalue weighted by Crippen LogP contribution is -2.15. The maximum Gasteiger partial charge on any atom is 0.353 e. The van der Waals surface area contributed by atoms with Crippen molar-refractivity contribution in [3.8, 4) is 0 Å². The van der Waals surface area contributed by atoms with Crippen LogP contribution < -0.4 is 16.4 Å². The van der Waals surface area contributed by atoms with Crippen LogP contribution in [0.2, 0.25) is 0 Å². The molecule has 0 fully saturated rings. The molecule has 0 saturated heterocycles. The third-order valence-corrected chi connectivity index (χ3v) is 3.63. The zero-order chi connectivity index (χ0) is 19.1. The summed E-state index contributed by atoms with van der Waals surface area (Å²) in [7, 11) is 0. The lowest BCUT2D eigenvalue weighted by Gasteiger charge is -2.11. The van der Waals surface area contributed by atoms with Crippen molar-refractivity contribution in [2.45, 2.75) is 13.8 Å². The van der Waals surface area contributed by atoms with Gasteiger partial charge in [0.25, 0.3) is 0 Å². The van der Waals surface area contributed by atoms with Crippen molar-refractivity contribution in [2.24, 2.45) is 0 Å². The molecule has 0 saturated carbocycles. The molecule has 0 amide bonds. The summed E-state index contributed by atoms with van der Waals surface area (Å²) >= 11 is 0. The second-order valence-corrected chi connectivity index (χ2v) is 5.57. The molecule has 0 aliphatic carbocycles. The van der Waals surface area contributed by atoms with Crippen LogP contribution in [-0.4, -0.2) is 46.4 Å². The second kappa shape index (κ2) is 8.92. The molecule has 2 rings (SSSR count). The molecular weight excluding hydrogens is 340 g/mol. The molecule has 1 heterocycles. The van der Waals surface area contributed by atoms with E-state index in [0.29, 0.717) is 18.8 Å². The third-order valence-electron chi connectivity index (χ3n) is 3.63. The fourth-order valence-corrected chi connectivity index (χ4v) is 2.18. The monoisotopic (exact) mass is 362 g/mol. The van der Waals surface area contributed by atoms with Crippen LogP contribution in [-0.2, 0) is 4.74 Å². The van der Waals surface area contributed by atoms with Crippen LogP contribution in [0.25, 0.3) is 0 Å². The van der Waals surface area contributed by atoms with E-state index >= 15 is 0 Å². The zero-order valence-electron chi connectivity index (χ0n) is 14.7. The molecule has 0 radical (unpaired) electrons. The number of benzene rings is 1. The molecular formula is C16H22N6O4. The molecule has 10 heteroatoms. The van der Waals surface area contributed by atoms with Gasteiger partial charge < -0.3 is 26.2 Å². The lowest BCUT2D eigenvalue weighted by molar-refractivity contribution is -0.383. The Hall–Kier alpha value is -2.98. The highest BCUT2D eigenvalue weighted by Gasteiger charge is 2.23. The first-order valence-electron chi connectivity index (χ1n) is 8.01. The highest BCUT2D eigenvalue weighted by molar-refractivity contribution is 5.74.